The van der Waals surface area contributed by atoms with E-state index in [4.69, 9.17) is 4.74 Å². The van der Waals surface area contributed by atoms with Crippen molar-refractivity contribution >= 4 is 23.3 Å². The SMILES string of the molecule is CCOC(=O)c1c(C(=O)NCCN(CCO)CC(O)Cn2ccnc2[N+](=O)[O-])cn2ccccc12. The highest BCUT2D eigenvalue weighted by Gasteiger charge is 2.24. The quantitative estimate of drug-likeness (QED) is 0.174. The van der Waals surface area contributed by atoms with E-state index in [1.165, 1.54) is 17.0 Å². The molecule has 0 saturated carbocycles. The maximum atomic E-state index is 12.9. The Kier molecular flexibility index (Phi) is 8.89. The maximum absolute atomic E-state index is 12.9. The van der Waals surface area contributed by atoms with Gasteiger partial charge in [0.05, 0.1) is 42.5 Å². The minimum absolute atomic E-state index is 0.0508. The van der Waals surface area contributed by atoms with E-state index in [0.717, 1.165) is 0 Å². The number of aromatic nitrogens is 3. The van der Waals surface area contributed by atoms with Crippen molar-refractivity contribution in [2.24, 2.45) is 0 Å². The van der Waals surface area contributed by atoms with Gasteiger partial charge in [-0.1, -0.05) is 11.1 Å². The molecule has 0 aliphatic heterocycles. The predicted molar refractivity (Wildman–Crippen MR) is 124 cm³/mol. The molecule has 0 aliphatic rings. The molecule has 3 aromatic rings. The second-order valence-electron chi connectivity index (χ2n) is 7.70. The normalized spacial score (nSPS) is 12.1. The van der Waals surface area contributed by atoms with E-state index >= 15 is 0 Å². The van der Waals surface area contributed by atoms with Gasteiger partial charge in [-0.2, -0.15) is 0 Å². The molecule has 0 fully saturated rings. The highest BCUT2D eigenvalue weighted by molar-refractivity contribution is 6.10. The van der Waals surface area contributed by atoms with Gasteiger partial charge in [0.2, 0.25) is 0 Å². The number of aliphatic hydroxyl groups is 2. The number of hydrogen-bond donors (Lipinski definition) is 3. The number of carbonyl (C=O) groups excluding carboxylic acids is 2. The van der Waals surface area contributed by atoms with Crippen LogP contribution in [-0.2, 0) is 11.3 Å². The number of esters is 1. The highest BCUT2D eigenvalue weighted by Crippen LogP contribution is 2.20. The number of imidazole rings is 1. The monoisotopic (exact) mass is 488 g/mol. The smallest absolute Gasteiger partial charge is 0.434 e. The summed E-state index contributed by atoms with van der Waals surface area (Å²) in [5.74, 6) is -1.43. The van der Waals surface area contributed by atoms with Crippen LogP contribution in [0.25, 0.3) is 5.52 Å². The van der Waals surface area contributed by atoms with Crippen molar-refractivity contribution in [1.82, 2.24) is 24.2 Å². The standard InChI is InChI=1S/C22H28N6O7/c1-2-35-21(32)19-17(15-26-8-4-3-5-18(19)26)20(31)23-6-9-25(11-12-29)13-16(30)14-27-10-7-24-22(27)28(33)34/h3-5,7-8,10,15-16,29-30H,2,6,9,11-14H2,1H3,(H,23,31). The number of rotatable bonds is 13. The first-order valence-corrected chi connectivity index (χ1v) is 11.1. The first-order valence-electron chi connectivity index (χ1n) is 11.1. The van der Waals surface area contributed by atoms with E-state index in [9.17, 15) is 29.9 Å². The number of aliphatic hydroxyl groups excluding tert-OH is 2. The summed E-state index contributed by atoms with van der Waals surface area (Å²) in [4.78, 5) is 41.1. The number of nitrogens with one attached hydrogen (secondary N) is 1. The Morgan fingerprint density at radius 1 is 1.31 bits per heavy atom. The van der Waals surface area contributed by atoms with E-state index in [0.29, 0.717) is 5.52 Å². The third-order valence-corrected chi connectivity index (χ3v) is 5.27. The molecule has 35 heavy (non-hydrogen) atoms. The molecule has 3 N–H and O–H groups in total. The zero-order valence-corrected chi connectivity index (χ0v) is 19.2. The Hall–Kier alpha value is -3.81. The Labute approximate surface area is 200 Å². The number of amides is 1. The molecular weight excluding hydrogens is 460 g/mol. The summed E-state index contributed by atoms with van der Waals surface area (Å²) < 4.78 is 8.03. The predicted octanol–water partition coefficient (Wildman–Crippen LogP) is 0.306. The van der Waals surface area contributed by atoms with Crippen LogP contribution in [0.4, 0.5) is 5.95 Å². The Bertz CT molecular complexity index is 1170. The largest absolute Gasteiger partial charge is 0.462 e. The van der Waals surface area contributed by atoms with Gasteiger partial charge in [0.15, 0.2) is 0 Å². The second-order valence-corrected chi connectivity index (χ2v) is 7.70. The van der Waals surface area contributed by atoms with Crippen molar-refractivity contribution in [2.75, 3.05) is 39.4 Å². The molecule has 3 rings (SSSR count). The number of carbonyl (C=O) groups is 2. The lowest BCUT2D eigenvalue weighted by Gasteiger charge is -2.24. The van der Waals surface area contributed by atoms with Gasteiger partial charge in [0.1, 0.15) is 12.4 Å². The maximum Gasteiger partial charge on any atom is 0.434 e. The summed E-state index contributed by atoms with van der Waals surface area (Å²) in [6.45, 7) is 2.42. The van der Waals surface area contributed by atoms with Gasteiger partial charge in [-0.25, -0.2) is 9.36 Å². The van der Waals surface area contributed by atoms with Crippen molar-refractivity contribution in [3.8, 4) is 0 Å². The van der Waals surface area contributed by atoms with Gasteiger partial charge in [0.25, 0.3) is 5.91 Å². The molecule has 0 aliphatic carbocycles. The minimum Gasteiger partial charge on any atom is -0.462 e. The molecule has 0 spiro atoms. The fraction of sp³-hybridized carbons (Fsp3) is 0.409. The molecule has 3 heterocycles. The van der Waals surface area contributed by atoms with Crippen molar-refractivity contribution < 1.29 is 29.5 Å². The molecule has 0 saturated heterocycles. The number of hydrogen-bond acceptors (Lipinski definition) is 9. The van der Waals surface area contributed by atoms with E-state index < -0.39 is 22.9 Å². The van der Waals surface area contributed by atoms with Crippen LogP contribution < -0.4 is 5.32 Å². The third-order valence-electron chi connectivity index (χ3n) is 5.27. The van der Waals surface area contributed by atoms with Crippen LogP contribution in [0.2, 0.25) is 0 Å². The van der Waals surface area contributed by atoms with Crippen LogP contribution >= 0.6 is 0 Å². The van der Waals surface area contributed by atoms with Crippen LogP contribution in [-0.4, -0.2) is 91.4 Å². The van der Waals surface area contributed by atoms with Gasteiger partial charge < -0.3 is 34.8 Å². The molecule has 13 heteroatoms. The molecule has 0 radical (unpaired) electrons. The van der Waals surface area contributed by atoms with Gasteiger partial charge in [-0.15, -0.1) is 0 Å². The Balaban J connectivity index is 1.62. The van der Waals surface area contributed by atoms with E-state index in [1.54, 1.807) is 46.8 Å². The van der Waals surface area contributed by atoms with Gasteiger partial charge in [0, 0.05) is 38.6 Å². The summed E-state index contributed by atoms with van der Waals surface area (Å²) >= 11 is 0. The van der Waals surface area contributed by atoms with Crippen LogP contribution in [0, 0.1) is 10.1 Å². The first kappa shape index (κ1) is 25.8. The summed E-state index contributed by atoms with van der Waals surface area (Å²) in [5, 5.41) is 33.5. The summed E-state index contributed by atoms with van der Waals surface area (Å²) in [5.41, 5.74) is 0.903. The Morgan fingerprint density at radius 2 is 2.11 bits per heavy atom. The van der Waals surface area contributed by atoms with Crippen LogP contribution in [0.15, 0.2) is 43.0 Å². The molecule has 0 bridgehead atoms. The average Bonchev–Trinajstić information content (AvgIpc) is 3.44. The van der Waals surface area contributed by atoms with Crippen LogP contribution in [0.5, 0.6) is 0 Å². The molecule has 188 valence electrons. The Morgan fingerprint density at radius 3 is 2.83 bits per heavy atom. The zero-order valence-electron chi connectivity index (χ0n) is 19.2. The molecule has 1 unspecified atom stereocenters. The van der Waals surface area contributed by atoms with Crippen LogP contribution in [0.3, 0.4) is 0 Å². The molecule has 1 amide bonds. The number of ether oxygens (including phenoxy) is 1. The zero-order chi connectivity index (χ0) is 25.4. The van der Waals surface area contributed by atoms with Crippen LogP contribution in [0.1, 0.15) is 27.6 Å². The van der Waals surface area contributed by atoms with Gasteiger partial charge >= 0.3 is 11.9 Å². The van der Waals surface area contributed by atoms with Gasteiger partial charge in [-0.05, 0) is 24.0 Å². The van der Waals surface area contributed by atoms with E-state index in [-0.39, 0.29) is 63.0 Å². The number of nitro groups is 1. The van der Waals surface area contributed by atoms with E-state index in [1.807, 2.05) is 0 Å². The summed E-state index contributed by atoms with van der Waals surface area (Å²) in [6.07, 6.45) is 4.99. The summed E-state index contributed by atoms with van der Waals surface area (Å²) in [7, 11) is 0. The lowest BCUT2D eigenvalue weighted by Crippen LogP contribution is -2.41. The third kappa shape index (κ3) is 6.41. The van der Waals surface area contributed by atoms with Crippen molar-refractivity contribution in [3.63, 3.8) is 0 Å². The number of nitrogens with zero attached hydrogens (tertiary/aromatic N) is 5. The van der Waals surface area contributed by atoms with Crippen molar-refractivity contribution in [2.45, 2.75) is 19.6 Å². The molecule has 3 aromatic heterocycles. The molecule has 0 aromatic carbocycles. The second kappa shape index (κ2) is 12.1. The topological polar surface area (TPSA) is 164 Å². The summed E-state index contributed by atoms with van der Waals surface area (Å²) in [6, 6.07) is 5.26. The molecular formula is C22H28N6O7. The van der Waals surface area contributed by atoms with E-state index in [2.05, 4.69) is 10.3 Å². The highest BCUT2D eigenvalue weighted by atomic mass is 16.6. The molecule has 1 atom stereocenters. The fourth-order valence-corrected chi connectivity index (χ4v) is 3.77. The fourth-order valence-electron chi connectivity index (χ4n) is 3.77. The lowest BCUT2D eigenvalue weighted by atomic mass is 10.1. The average molecular weight is 489 g/mol. The molecule has 13 nitrogen and oxygen atoms in total. The number of pyridine rings is 1. The van der Waals surface area contributed by atoms with Crippen molar-refractivity contribution in [1.29, 1.82) is 0 Å². The minimum atomic E-state index is -0.975. The first-order chi connectivity index (χ1) is 16.8. The number of fused-ring (bicyclic) bond motifs is 1. The van der Waals surface area contributed by atoms with Gasteiger partial charge in [-0.3, -0.25) is 9.69 Å². The van der Waals surface area contributed by atoms with Crippen molar-refractivity contribution in [3.05, 3.63) is 64.2 Å². The lowest BCUT2D eigenvalue weighted by molar-refractivity contribution is -0.397.